The first-order valence-corrected chi connectivity index (χ1v) is 9.40. The average Bonchev–Trinajstić information content (AvgIpc) is 2.98. The van der Waals surface area contributed by atoms with Crippen LogP contribution < -0.4 is 10.5 Å². The van der Waals surface area contributed by atoms with Gasteiger partial charge in [-0.2, -0.15) is 15.0 Å². The molecule has 0 unspecified atom stereocenters. The molecule has 0 radical (unpaired) electrons. The molecule has 0 atom stereocenters. The molecule has 154 valence electrons. The number of aromatic hydroxyl groups is 1. The summed E-state index contributed by atoms with van der Waals surface area (Å²) in [6.45, 7) is 6.29. The van der Waals surface area contributed by atoms with Crippen LogP contribution in [0.25, 0.3) is 11.2 Å². The minimum absolute atomic E-state index is 0.125. The van der Waals surface area contributed by atoms with Gasteiger partial charge in [0.1, 0.15) is 5.69 Å². The molecule has 0 fully saturated rings. The van der Waals surface area contributed by atoms with E-state index in [0.717, 1.165) is 18.4 Å². The Balaban J connectivity index is 1.85. The summed E-state index contributed by atoms with van der Waals surface area (Å²) in [6, 6.07) is 3.17. The topological polar surface area (TPSA) is 138 Å². The van der Waals surface area contributed by atoms with Crippen LogP contribution in [0.1, 0.15) is 49.7 Å². The summed E-state index contributed by atoms with van der Waals surface area (Å²) in [5.74, 6) is -0.364. The maximum absolute atomic E-state index is 11.9. The van der Waals surface area contributed by atoms with Crippen molar-refractivity contribution in [3.8, 4) is 12.0 Å². The molecule has 10 nitrogen and oxygen atoms in total. The van der Waals surface area contributed by atoms with Crippen LogP contribution in [-0.4, -0.2) is 48.3 Å². The van der Waals surface area contributed by atoms with Crippen molar-refractivity contribution in [3.63, 3.8) is 0 Å². The van der Waals surface area contributed by atoms with E-state index in [2.05, 4.69) is 26.9 Å². The fourth-order valence-electron chi connectivity index (χ4n) is 2.60. The number of anilines is 1. The van der Waals surface area contributed by atoms with Crippen LogP contribution in [0.15, 0.2) is 18.3 Å². The minimum Gasteiger partial charge on any atom is -0.480 e. The highest BCUT2D eigenvalue weighted by molar-refractivity contribution is 5.87. The third kappa shape index (κ3) is 4.71. The Kier molecular flexibility index (Phi) is 6.10. The molecule has 3 aromatic rings. The number of nitrogens with two attached hydrogens (primary N) is 1. The molecule has 0 bridgehead atoms. The van der Waals surface area contributed by atoms with Crippen molar-refractivity contribution in [1.29, 1.82) is 0 Å². The molecule has 0 spiro atoms. The second-order valence-corrected chi connectivity index (χ2v) is 6.77. The van der Waals surface area contributed by atoms with Crippen molar-refractivity contribution in [2.24, 2.45) is 0 Å². The van der Waals surface area contributed by atoms with Crippen LogP contribution in [-0.2, 0) is 11.3 Å². The molecule has 0 aliphatic heterocycles. The number of carbonyl (C=O) groups is 1. The monoisotopic (exact) mass is 400 g/mol. The summed E-state index contributed by atoms with van der Waals surface area (Å²) in [4.78, 5) is 28.5. The quantitative estimate of drug-likeness (QED) is 0.431. The molecule has 3 rings (SSSR count). The van der Waals surface area contributed by atoms with Crippen molar-refractivity contribution < 1.29 is 19.4 Å². The Morgan fingerprint density at radius 3 is 2.72 bits per heavy atom. The van der Waals surface area contributed by atoms with E-state index in [1.54, 1.807) is 26.0 Å². The molecule has 0 aliphatic rings. The van der Waals surface area contributed by atoms with Gasteiger partial charge in [-0.25, -0.2) is 9.78 Å². The van der Waals surface area contributed by atoms with Crippen molar-refractivity contribution >= 4 is 23.0 Å². The number of imidazole rings is 1. The summed E-state index contributed by atoms with van der Waals surface area (Å²) < 4.78 is 12.1. The second kappa shape index (κ2) is 8.72. The van der Waals surface area contributed by atoms with Crippen molar-refractivity contribution in [1.82, 2.24) is 24.5 Å². The van der Waals surface area contributed by atoms with Crippen molar-refractivity contribution in [2.45, 2.75) is 46.3 Å². The highest BCUT2D eigenvalue weighted by Crippen LogP contribution is 2.25. The van der Waals surface area contributed by atoms with Gasteiger partial charge in [0.05, 0.1) is 19.3 Å². The van der Waals surface area contributed by atoms with Crippen molar-refractivity contribution in [2.75, 3.05) is 12.3 Å². The standard InChI is InChI=1S/C19H24N6O4/c1-4-5-8-28-18-23-15(20)14-16(24-18)25(19(27)22-14)10-12-6-7-13(21-9-12)17(26)29-11(2)3/h6-7,9,11H,4-5,8,10H2,1-3H3,(H,22,27)(H2,20,23,24). The predicted molar refractivity (Wildman–Crippen MR) is 106 cm³/mol. The lowest BCUT2D eigenvalue weighted by Gasteiger charge is -2.09. The van der Waals surface area contributed by atoms with Gasteiger partial charge in [0.2, 0.25) is 0 Å². The zero-order valence-electron chi connectivity index (χ0n) is 16.6. The number of pyridine rings is 1. The summed E-state index contributed by atoms with van der Waals surface area (Å²) in [5.41, 5.74) is 7.52. The SMILES string of the molecule is CCCCOc1nc(N)c2nc(O)n(Cc3ccc(C(=O)OC(C)C)nc3)c2n1. The predicted octanol–water partition coefficient (Wildman–Crippen LogP) is 2.30. The lowest BCUT2D eigenvalue weighted by Crippen LogP contribution is -2.13. The molecule has 10 heteroatoms. The van der Waals surface area contributed by atoms with E-state index in [9.17, 15) is 9.90 Å². The van der Waals surface area contributed by atoms with E-state index in [1.165, 1.54) is 10.8 Å². The Morgan fingerprint density at radius 2 is 2.07 bits per heavy atom. The van der Waals surface area contributed by atoms with Gasteiger partial charge in [0.25, 0.3) is 6.01 Å². The number of unbranched alkanes of at least 4 members (excludes halogenated alkanes) is 1. The molecule has 3 N–H and O–H groups in total. The first-order valence-electron chi connectivity index (χ1n) is 9.40. The summed E-state index contributed by atoms with van der Waals surface area (Å²) in [7, 11) is 0. The number of rotatable bonds is 8. The Bertz CT molecular complexity index is 1000. The van der Waals surface area contributed by atoms with Crippen LogP contribution in [0.2, 0.25) is 0 Å². The van der Waals surface area contributed by atoms with Crippen molar-refractivity contribution in [3.05, 3.63) is 29.6 Å². The molecule has 0 aromatic carbocycles. The Hall–Kier alpha value is -3.43. The lowest BCUT2D eigenvalue weighted by molar-refractivity contribution is 0.0371. The van der Waals surface area contributed by atoms with Gasteiger partial charge in [-0.05, 0) is 31.9 Å². The fourth-order valence-corrected chi connectivity index (χ4v) is 2.60. The van der Waals surface area contributed by atoms with E-state index in [-0.39, 0.29) is 41.7 Å². The first kappa shape index (κ1) is 20.3. The molecule has 0 saturated carbocycles. The van der Waals surface area contributed by atoms with Gasteiger partial charge in [0.15, 0.2) is 17.0 Å². The molecular weight excluding hydrogens is 376 g/mol. The third-order valence-corrected chi connectivity index (χ3v) is 4.03. The molecule has 3 aromatic heterocycles. The summed E-state index contributed by atoms with van der Waals surface area (Å²) >= 11 is 0. The van der Waals surface area contributed by atoms with E-state index in [4.69, 9.17) is 15.2 Å². The molecule has 0 aliphatic carbocycles. The summed E-state index contributed by atoms with van der Waals surface area (Å²) in [5, 5.41) is 10.3. The van der Waals surface area contributed by atoms with Crippen LogP contribution >= 0.6 is 0 Å². The van der Waals surface area contributed by atoms with Gasteiger partial charge in [-0.15, -0.1) is 0 Å². The number of aromatic nitrogens is 5. The van der Waals surface area contributed by atoms with E-state index in [0.29, 0.717) is 12.3 Å². The number of hydrogen-bond donors (Lipinski definition) is 2. The van der Waals surface area contributed by atoms with E-state index in [1.807, 2.05) is 0 Å². The fraction of sp³-hybridized carbons (Fsp3) is 0.421. The highest BCUT2D eigenvalue weighted by Gasteiger charge is 2.18. The lowest BCUT2D eigenvalue weighted by atomic mass is 10.2. The maximum atomic E-state index is 11.9. The van der Waals surface area contributed by atoms with E-state index < -0.39 is 5.97 Å². The van der Waals surface area contributed by atoms with Gasteiger partial charge in [-0.1, -0.05) is 19.4 Å². The van der Waals surface area contributed by atoms with Crippen LogP contribution in [0.5, 0.6) is 12.0 Å². The van der Waals surface area contributed by atoms with E-state index >= 15 is 0 Å². The number of fused-ring (bicyclic) bond motifs is 1. The zero-order valence-corrected chi connectivity index (χ0v) is 16.6. The molecule has 0 saturated heterocycles. The first-order chi connectivity index (χ1) is 13.9. The van der Waals surface area contributed by atoms with Crippen LogP contribution in [0.4, 0.5) is 5.82 Å². The van der Waals surface area contributed by atoms with Crippen LogP contribution in [0.3, 0.4) is 0 Å². The Labute approximate surface area is 167 Å². The number of ether oxygens (including phenoxy) is 2. The largest absolute Gasteiger partial charge is 0.480 e. The number of carbonyl (C=O) groups excluding carboxylic acids is 1. The third-order valence-electron chi connectivity index (χ3n) is 4.03. The minimum atomic E-state index is -0.489. The number of esters is 1. The zero-order chi connectivity index (χ0) is 21.0. The van der Waals surface area contributed by atoms with Gasteiger partial charge in [-0.3, -0.25) is 4.57 Å². The molecule has 29 heavy (non-hydrogen) atoms. The second-order valence-electron chi connectivity index (χ2n) is 6.77. The highest BCUT2D eigenvalue weighted by atomic mass is 16.5. The Morgan fingerprint density at radius 1 is 1.28 bits per heavy atom. The maximum Gasteiger partial charge on any atom is 0.357 e. The molecule has 3 heterocycles. The molecular formula is C19H24N6O4. The van der Waals surface area contributed by atoms with Crippen LogP contribution in [0, 0.1) is 0 Å². The van der Waals surface area contributed by atoms with Gasteiger partial charge in [0, 0.05) is 6.20 Å². The average molecular weight is 400 g/mol. The van der Waals surface area contributed by atoms with Gasteiger partial charge >= 0.3 is 12.0 Å². The number of nitrogens with zero attached hydrogens (tertiary/aromatic N) is 5. The number of nitrogen functional groups attached to an aromatic ring is 1. The summed E-state index contributed by atoms with van der Waals surface area (Å²) in [6.07, 6.45) is 3.15. The molecule has 0 amide bonds. The number of hydrogen-bond acceptors (Lipinski definition) is 9. The smallest absolute Gasteiger partial charge is 0.357 e. The van der Waals surface area contributed by atoms with Gasteiger partial charge < -0.3 is 20.3 Å². The normalized spacial score (nSPS) is 11.2.